The average Bonchev–Trinajstić information content (AvgIpc) is 3.42. The van der Waals surface area contributed by atoms with E-state index in [2.05, 4.69) is 0 Å². The first kappa shape index (κ1) is 20.0. The normalized spacial score (nSPS) is 17.9. The minimum atomic E-state index is -1.05. The average molecular weight is 448 g/mol. The summed E-state index contributed by atoms with van der Waals surface area (Å²) < 4.78 is 19.3. The molecule has 1 fully saturated rings. The number of Topliss-reactive ketones (excluding diaryl/α,β-unsaturated/α-hetero) is 1. The lowest BCUT2D eigenvalue weighted by atomic mass is 9.96. The number of ketones is 1. The number of aliphatic hydroxyl groups is 1. The molecular formula is C25H15ClFNO4. The largest absolute Gasteiger partial charge is 0.507 e. The quantitative estimate of drug-likeness (QED) is 0.243. The van der Waals surface area contributed by atoms with Gasteiger partial charge in [0, 0.05) is 11.3 Å². The van der Waals surface area contributed by atoms with Gasteiger partial charge in [0.25, 0.3) is 11.7 Å². The molecule has 7 heteroatoms. The molecule has 1 aliphatic rings. The molecule has 3 aromatic carbocycles. The molecule has 1 unspecified atom stereocenters. The number of hydrogen-bond donors (Lipinski definition) is 1. The van der Waals surface area contributed by atoms with E-state index in [0.29, 0.717) is 5.56 Å². The number of aliphatic hydroxyl groups excluding tert-OH is 1. The van der Waals surface area contributed by atoms with Gasteiger partial charge in [-0.2, -0.15) is 0 Å². The smallest absolute Gasteiger partial charge is 0.300 e. The monoisotopic (exact) mass is 447 g/mol. The summed E-state index contributed by atoms with van der Waals surface area (Å²) in [6.45, 7) is 0. The summed E-state index contributed by atoms with van der Waals surface area (Å²) in [5, 5.41) is 12.7. The highest BCUT2D eigenvalue weighted by Crippen LogP contribution is 2.43. The summed E-state index contributed by atoms with van der Waals surface area (Å²) in [5.41, 5.74) is 0.494. The number of furan rings is 1. The van der Waals surface area contributed by atoms with Crippen molar-refractivity contribution in [2.45, 2.75) is 6.04 Å². The Labute approximate surface area is 186 Å². The van der Waals surface area contributed by atoms with E-state index in [-0.39, 0.29) is 27.8 Å². The summed E-state index contributed by atoms with van der Waals surface area (Å²) >= 11 is 5.93. The third kappa shape index (κ3) is 3.08. The van der Waals surface area contributed by atoms with Crippen LogP contribution in [0, 0.1) is 5.82 Å². The van der Waals surface area contributed by atoms with Crippen LogP contribution in [0.4, 0.5) is 10.1 Å². The van der Waals surface area contributed by atoms with Gasteiger partial charge in [-0.15, -0.1) is 0 Å². The number of nitrogens with zero attached hydrogens (tertiary/aromatic N) is 1. The standard InChI is InChI=1S/C25H15ClFNO4/c26-18-13-15(10-11-19(18)27)28-22(20-9-4-12-32-20)21(24(30)25(28)31)23(29)17-8-3-6-14-5-1-2-7-16(14)17/h1-13,22,29H/b23-21-. The van der Waals surface area contributed by atoms with Gasteiger partial charge >= 0.3 is 0 Å². The van der Waals surface area contributed by atoms with Gasteiger partial charge in [0.15, 0.2) is 0 Å². The van der Waals surface area contributed by atoms with E-state index in [0.717, 1.165) is 21.7 Å². The molecule has 5 nitrogen and oxygen atoms in total. The molecule has 1 amide bonds. The summed E-state index contributed by atoms with van der Waals surface area (Å²) in [6.07, 6.45) is 1.41. The maximum absolute atomic E-state index is 13.7. The number of halogens is 2. The van der Waals surface area contributed by atoms with Gasteiger partial charge in [-0.05, 0) is 41.1 Å². The molecular weight excluding hydrogens is 433 g/mol. The second kappa shape index (κ2) is 7.66. The Balaban J connectivity index is 1.76. The maximum Gasteiger partial charge on any atom is 0.300 e. The minimum Gasteiger partial charge on any atom is -0.507 e. The lowest BCUT2D eigenvalue weighted by Gasteiger charge is -2.23. The highest BCUT2D eigenvalue weighted by Gasteiger charge is 2.48. The van der Waals surface area contributed by atoms with Crippen LogP contribution in [-0.4, -0.2) is 16.8 Å². The van der Waals surface area contributed by atoms with Crippen LogP contribution in [0.3, 0.4) is 0 Å². The van der Waals surface area contributed by atoms with Crippen LogP contribution < -0.4 is 4.90 Å². The van der Waals surface area contributed by atoms with Gasteiger partial charge in [0.2, 0.25) is 0 Å². The Morgan fingerprint density at radius 1 is 1.00 bits per heavy atom. The molecule has 2 heterocycles. The van der Waals surface area contributed by atoms with Crippen molar-refractivity contribution in [2.24, 2.45) is 0 Å². The Kier molecular flexibility index (Phi) is 4.79. The SMILES string of the molecule is O=C1C(=O)N(c2ccc(F)c(Cl)c2)C(c2ccco2)/C1=C(/O)c1cccc2ccccc12. The molecule has 158 valence electrons. The maximum atomic E-state index is 13.7. The summed E-state index contributed by atoms with van der Waals surface area (Å²) in [6, 6.07) is 18.6. The third-order valence-electron chi connectivity index (χ3n) is 5.48. The molecule has 1 saturated heterocycles. The van der Waals surface area contributed by atoms with Gasteiger partial charge in [0.05, 0.1) is 16.9 Å². The van der Waals surface area contributed by atoms with Gasteiger partial charge in [0.1, 0.15) is 23.4 Å². The van der Waals surface area contributed by atoms with Crippen molar-refractivity contribution in [1.82, 2.24) is 0 Å². The molecule has 0 spiro atoms. The summed E-state index contributed by atoms with van der Waals surface area (Å²) in [5.74, 6) is -2.46. The number of anilines is 1. The van der Waals surface area contributed by atoms with Crippen LogP contribution in [-0.2, 0) is 9.59 Å². The zero-order chi connectivity index (χ0) is 22.4. The van der Waals surface area contributed by atoms with Crippen LogP contribution in [0.1, 0.15) is 17.4 Å². The Morgan fingerprint density at radius 2 is 1.78 bits per heavy atom. The number of carbonyl (C=O) groups is 2. The minimum absolute atomic E-state index is 0.123. The molecule has 0 aliphatic carbocycles. The van der Waals surface area contributed by atoms with E-state index >= 15 is 0 Å². The Hall–Kier alpha value is -3.90. The lowest BCUT2D eigenvalue weighted by molar-refractivity contribution is -0.132. The van der Waals surface area contributed by atoms with E-state index in [4.69, 9.17) is 16.0 Å². The topological polar surface area (TPSA) is 70.8 Å². The van der Waals surface area contributed by atoms with Crippen LogP contribution in [0.15, 0.2) is 89.0 Å². The van der Waals surface area contributed by atoms with Crippen LogP contribution in [0.25, 0.3) is 16.5 Å². The fraction of sp³-hybridized carbons (Fsp3) is 0.0400. The van der Waals surface area contributed by atoms with Crippen molar-refractivity contribution < 1.29 is 23.5 Å². The molecule has 1 N–H and O–H groups in total. The Morgan fingerprint density at radius 3 is 2.53 bits per heavy atom. The predicted molar refractivity (Wildman–Crippen MR) is 119 cm³/mol. The molecule has 4 aromatic rings. The highest BCUT2D eigenvalue weighted by atomic mass is 35.5. The number of benzene rings is 3. The molecule has 1 aromatic heterocycles. The lowest BCUT2D eigenvalue weighted by Crippen LogP contribution is -2.29. The van der Waals surface area contributed by atoms with E-state index < -0.39 is 23.5 Å². The summed E-state index contributed by atoms with van der Waals surface area (Å²) in [4.78, 5) is 27.4. The number of carbonyl (C=O) groups excluding carboxylic acids is 2. The van der Waals surface area contributed by atoms with Crippen molar-refractivity contribution in [3.63, 3.8) is 0 Å². The highest BCUT2D eigenvalue weighted by molar-refractivity contribution is 6.52. The molecule has 0 radical (unpaired) electrons. The zero-order valence-electron chi connectivity index (χ0n) is 16.5. The van der Waals surface area contributed by atoms with Gasteiger partial charge < -0.3 is 9.52 Å². The van der Waals surface area contributed by atoms with Crippen molar-refractivity contribution >= 4 is 45.5 Å². The van der Waals surface area contributed by atoms with E-state index in [9.17, 15) is 19.1 Å². The fourth-order valence-electron chi connectivity index (χ4n) is 4.03. The number of amides is 1. The van der Waals surface area contributed by atoms with E-state index in [1.165, 1.54) is 18.4 Å². The van der Waals surface area contributed by atoms with Crippen molar-refractivity contribution in [3.8, 4) is 0 Å². The summed E-state index contributed by atoms with van der Waals surface area (Å²) in [7, 11) is 0. The van der Waals surface area contributed by atoms with Crippen molar-refractivity contribution in [2.75, 3.05) is 4.90 Å². The van der Waals surface area contributed by atoms with Gasteiger partial charge in [-0.1, -0.05) is 54.1 Å². The number of hydrogen-bond acceptors (Lipinski definition) is 4. The second-order valence-corrected chi connectivity index (χ2v) is 7.72. The fourth-order valence-corrected chi connectivity index (χ4v) is 4.20. The second-order valence-electron chi connectivity index (χ2n) is 7.31. The molecule has 5 rings (SSSR count). The first-order valence-corrected chi connectivity index (χ1v) is 10.1. The number of fused-ring (bicyclic) bond motifs is 1. The van der Waals surface area contributed by atoms with Crippen LogP contribution in [0.5, 0.6) is 0 Å². The molecule has 0 bridgehead atoms. The van der Waals surface area contributed by atoms with Gasteiger partial charge in [-0.25, -0.2) is 4.39 Å². The molecule has 0 saturated carbocycles. The first-order valence-electron chi connectivity index (χ1n) is 9.75. The molecule has 1 atom stereocenters. The third-order valence-corrected chi connectivity index (χ3v) is 5.77. The van der Waals surface area contributed by atoms with Gasteiger partial charge in [-0.3, -0.25) is 14.5 Å². The first-order chi connectivity index (χ1) is 15.5. The van der Waals surface area contributed by atoms with E-state index in [1.807, 2.05) is 30.3 Å². The van der Waals surface area contributed by atoms with Crippen molar-refractivity contribution in [1.29, 1.82) is 0 Å². The molecule has 1 aliphatic heterocycles. The molecule has 32 heavy (non-hydrogen) atoms. The van der Waals surface area contributed by atoms with Crippen LogP contribution >= 0.6 is 11.6 Å². The van der Waals surface area contributed by atoms with Crippen molar-refractivity contribution in [3.05, 3.63) is 107 Å². The Bertz CT molecular complexity index is 1410. The van der Waals surface area contributed by atoms with Crippen LogP contribution in [0.2, 0.25) is 5.02 Å². The predicted octanol–water partition coefficient (Wildman–Crippen LogP) is 5.85. The zero-order valence-corrected chi connectivity index (χ0v) is 17.2. The number of rotatable bonds is 3. The van der Waals surface area contributed by atoms with E-state index in [1.54, 1.807) is 24.3 Å².